The van der Waals surface area contributed by atoms with Gasteiger partial charge >= 0.3 is 0 Å². The van der Waals surface area contributed by atoms with Crippen molar-refractivity contribution < 1.29 is 13.2 Å². The van der Waals surface area contributed by atoms with Crippen molar-refractivity contribution in [3.05, 3.63) is 83.4 Å². The monoisotopic (exact) mass is 451 g/mol. The van der Waals surface area contributed by atoms with Crippen molar-refractivity contribution in [1.29, 1.82) is 0 Å². The molecule has 1 aromatic heterocycles. The number of thiazole rings is 1. The summed E-state index contributed by atoms with van der Waals surface area (Å²) < 4.78 is 28.0. The summed E-state index contributed by atoms with van der Waals surface area (Å²) in [6.45, 7) is 4.00. The van der Waals surface area contributed by atoms with Crippen molar-refractivity contribution in [3.63, 3.8) is 0 Å². The van der Waals surface area contributed by atoms with Crippen LogP contribution in [0.4, 0.5) is 10.8 Å². The number of hydrogen-bond donors (Lipinski definition) is 1. The third kappa shape index (κ3) is 4.04. The standard InChI is InChI=1S/C23H21N3O3S2/c1-15-9-10-16(2)21-20(15)24-23(30-21)25-22(27)17-11-13-19(14-12-17)31(28,29)26(3)18-7-5-4-6-8-18/h4-14H,1-3H3,(H,24,25,27). The maximum absolute atomic E-state index is 12.9. The lowest BCUT2D eigenvalue weighted by atomic mass is 10.1. The number of carbonyl (C=O) groups excluding carboxylic acids is 1. The molecule has 8 heteroatoms. The summed E-state index contributed by atoms with van der Waals surface area (Å²) in [5.41, 5.74) is 3.95. The van der Waals surface area contributed by atoms with E-state index < -0.39 is 10.0 Å². The van der Waals surface area contributed by atoms with Crippen molar-refractivity contribution in [3.8, 4) is 0 Å². The Morgan fingerprint density at radius 2 is 1.58 bits per heavy atom. The van der Waals surface area contributed by atoms with Crippen LogP contribution in [0.3, 0.4) is 0 Å². The molecular weight excluding hydrogens is 430 g/mol. The number of anilines is 2. The number of aryl methyl sites for hydroxylation is 2. The molecule has 0 saturated carbocycles. The molecule has 3 aromatic carbocycles. The van der Waals surface area contributed by atoms with Crippen LogP contribution in [0.2, 0.25) is 0 Å². The van der Waals surface area contributed by atoms with E-state index in [0.717, 1.165) is 21.3 Å². The lowest BCUT2D eigenvalue weighted by molar-refractivity contribution is 0.102. The van der Waals surface area contributed by atoms with Gasteiger partial charge < -0.3 is 0 Å². The predicted molar refractivity (Wildman–Crippen MR) is 126 cm³/mol. The molecule has 0 radical (unpaired) electrons. The smallest absolute Gasteiger partial charge is 0.264 e. The van der Waals surface area contributed by atoms with Crippen LogP contribution in [-0.4, -0.2) is 26.4 Å². The number of nitrogens with zero attached hydrogens (tertiary/aromatic N) is 2. The van der Waals surface area contributed by atoms with Gasteiger partial charge in [0.1, 0.15) is 0 Å². The van der Waals surface area contributed by atoms with E-state index in [1.807, 2.05) is 32.0 Å². The number of para-hydroxylation sites is 1. The minimum Gasteiger partial charge on any atom is -0.298 e. The molecule has 0 unspecified atom stereocenters. The topological polar surface area (TPSA) is 79.4 Å². The molecule has 31 heavy (non-hydrogen) atoms. The van der Waals surface area contributed by atoms with Gasteiger partial charge in [-0.1, -0.05) is 41.7 Å². The fourth-order valence-electron chi connectivity index (χ4n) is 3.20. The predicted octanol–water partition coefficient (Wildman–Crippen LogP) is 4.99. The average molecular weight is 452 g/mol. The van der Waals surface area contributed by atoms with E-state index in [-0.39, 0.29) is 10.8 Å². The molecule has 0 fully saturated rings. The van der Waals surface area contributed by atoms with E-state index in [1.165, 1.54) is 47.0 Å². The number of sulfonamides is 1. The van der Waals surface area contributed by atoms with Gasteiger partial charge in [-0.05, 0) is 61.4 Å². The van der Waals surface area contributed by atoms with E-state index >= 15 is 0 Å². The number of benzene rings is 3. The second-order valence-electron chi connectivity index (χ2n) is 7.18. The van der Waals surface area contributed by atoms with E-state index in [0.29, 0.717) is 16.4 Å². The maximum Gasteiger partial charge on any atom is 0.264 e. The van der Waals surface area contributed by atoms with Gasteiger partial charge in [0.15, 0.2) is 5.13 Å². The van der Waals surface area contributed by atoms with Crippen molar-refractivity contribution in [2.75, 3.05) is 16.7 Å². The van der Waals surface area contributed by atoms with E-state index in [9.17, 15) is 13.2 Å². The SMILES string of the molecule is Cc1ccc(C)c2sc(NC(=O)c3ccc(S(=O)(=O)N(C)c4ccccc4)cc3)nc12. The highest BCUT2D eigenvalue weighted by Gasteiger charge is 2.21. The number of aromatic nitrogens is 1. The fraction of sp³-hybridized carbons (Fsp3) is 0.130. The molecule has 0 bridgehead atoms. The van der Waals surface area contributed by atoms with Crippen LogP contribution in [0.1, 0.15) is 21.5 Å². The molecular formula is C23H21N3O3S2. The van der Waals surface area contributed by atoms with Crippen LogP contribution in [-0.2, 0) is 10.0 Å². The van der Waals surface area contributed by atoms with Gasteiger partial charge in [-0.3, -0.25) is 14.4 Å². The Bertz CT molecular complexity index is 1320. The largest absolute Gasteiger partial charge is 0.298 e. The minimum absolute atomic E-state index is 0.113. The van der Waals surface area contributed by atoms with Crippen LogP contribution < -0.4 is 9.62 Å². The molecule has 4 rings (SSSR count). The molecule has 4 aromatic rings. The summed E-state index contributed by atoms with van der Waals surface area (Å²) >= 11 is 1.42. The lowest BCUT2D eigenvalue weighted by Crippen LogP contribution is -2.26. The minimum atomic E-state index is -3.73. The van der Waals surface area contributed by atoms with Crippen molar-refractivity contribution in [2.45, 2.75) is 18.7 Å². The fourth-order valence-corrected chi connectivity index (χ4v) is 5.40. The van der Waals surface area contributed by atoms with Crippen molar-refractivity contribution in [2.24, 2.45) is 0 Å². The third-order valence-electron chi connectivity index (χ3n) is 5.06. The first-order valence-electron chi connectivity index (χ1n) is 9.59. The van der Waals surface area contributed by atoms with Gasteiger partial charge in [0.2, 0.25) is 0 Å². The Morgan fingerprint density at radius 3 is 2.23 bits per heavy atom. The van der Waals surface area contributed by atoms with Crippen LogP contribution >= 0.6 is 11.3 Å². The molecule has 158 valence electrons. The van der Waals surface area contributed by atoms with Gasteiger partial charge in [0, 0.05) is 12.6 Å². The van der Waals surface area contributed by atoms with Crippen LogP contribution in [0.25, 0.3) is 10.2 Å². The first-order valence-corrected chi connectivity index (χ1v) is 11.8. The second-order valence-corrected chi connectivity index (χ2v) is 10.2. The second kappa shape index (κ2) is 8.13. The van der Waals surface area contributed by atoms with Gasteiger partial charge in [-0.25, -0.2) is 13.4 Å². The summed E-state index contributed by atoms with van der Waals surface area (Å²) in [5, 5.41) is 3.33. The average Bonchev–Trinajstić information content (AvgIpc) is 3.21. The highest BCUT2D eigenvalue weighted by atomic mass is 32.2. The molecule has 0 spiro atoms. The Hall–Kier alpha value is -3.23. The summed E-state index contributed by atoms with van der Waals surface area (Å²) in [5.74, 6) is -0.338. The highest BCUT2D eigenvalue weighted by Crippen LogP contribution is 2.31. The first kappa shape index (κ1) is 21.0. The number of nitrogens with one attached hydrogen (secondary N) is 1. The summed E-state index contributed by atoms with van der Waals surface area (Å²) in [4.78, 5) is 17.3. The van der Waals surface area contributed by atoms with Crippen LogP contribution in [0.5, 0.6) is 0 Å². The number of amides is 1. The Morgan fingerprint density at radius 1 is 0.935 bits per heavy atom. The van der Waals surface area contributed by atoms with Gasteiger partial charge in [-0.2, -0.15) is 0 Å². The zero-order chi connectivity index (χ0) is 22.2. The Balaban J connectivity index is 1.55. The Kier molecular flexibility index (Phi) is 5.51. The molecule has 0 aliphatic carbocycles. The quantitative estimate of drug-likeness (QED) is 0.464. The molecule has 1 amide bonds. The van der Waals surface area contributed by atoms with Gasteiger partial charge in [0.25, 0.3) is 15.9 Å². The molecule has 1 N–H and O–H groups in total. The Labute approximate surface area is 185 Å². The molecule has 6 nitrogen and oxygen atoms in total. The molecule has 0 aliphatic heterocycles. The van der Waals surface area contributed by atoms with Gasteiger partial charge in [-0.15, -0.1) is 0 Å². The first-order chi connectivity index (χ1) is 14.8. The van der Waals surface area contributed by atoms with Gasteiger partial charge in [0.05, 0.1) is 20.8 Å². The van der Waals surface area contributed by atoms with Crippen molar-refractivity contribution >= 4 is 48.3 Å². The highest BCUT2D eigenvalue weighted by molar-refractivity contribution is 7.92. The van der Waals surface area contributed by atoms with E-state index in [2.05, 4.69) is 10.3 Å². The van der Waals surface area contributed by atoms with Crippen LogP contribution in [0.15, 0.2) is 71.6 Å². The zero-order valence-corrected chi connectivity index (χ0v) is 18.9. The number of carbonyl (C=O) groups is 1. The summed E-state index contributed by atoms with van der Waals surface area (Å²) in [6, 6.07) is 18.8. The lowest BCUT2D eigenvalue weighted by Gasteiger charge is -2.19. The zero-order valence-electron chi connectivity index (χ0n) is 17.3. The summed E-state index contributed by atoms with van der Waals surface area (Å²) in [7, 11) is -2.23. The molecule has 0 atom stereocenters. The van der Waals surface area contributed by atoms with E-state index in [1.54, 1.807) is 24.3 Å². The summed E-state index contributed by atoms with van der Waals surface area (Å²) in [6.07, 6.45) is 0. The number of fused-ring (bicyclic) bond motifs is 1. The molecule has 0 aliphatic rings. The number of hydrogen-bond acceptors (Lipinski definition) is 5. The number of rotatable bonds is 5. The maximum atomic E-state index is 12.9. The molecule has 1 heterocycles. The van der Waals surface area contributed by atoms with E-state index in [4.69, 9.17) is 0 Å². The van der Waals surface area contributed by atoms with Crippen LogP contribution in [0, 0.1) is 13.8 Å². The normalized spacial score (nSPS) is 11.5. The molecule has 0 saturated heterocycles. The van der Waals surface area contributed by atoms with Crippen molar-refractivity contribution in [1.82, 2.24) is 4.98 Å². The third-order valence-corrected chi connectivity index (χ3v) is 7.96.